The highest BCUT2D eigenvalue weighted by atomic mass is 16.7. The predicted octanol–water partition coefficient (Wildman–Crippen LogP) is 1.42. The van der Waals surface area contributed by atoms with Crippen LogP contribution >= 0.6 is 0 Å². The first-order valence-electron chi connectivity index (χ1n) is 8.89. The molecule has 24 heavy (non-hydrogen) atoms. The molecule has 3 unspecified atom stereocenters. The fourth-order valence-corrected chi connectivity index (χ4v) is 3.87. The third-order valence-corrected chi connectivity index (χ3v) is 6.19. The molecular formula is C18H31O6-. The Balaban J connectivity index is 2.12. The first kappa shape index (κ1) is 19.6. The van der Waals surface area contributed by atoms with Gasteiger partial charge in [-0.05, 0) is 24.7 Å². The van der Waals surface area contributed by atoms with Gasteiger partial charge in [0, 0.05) is 18.9 Å². The molecule has 0 bridgehead atoms. The average molecular weight is 343 g/mol. The molecule has 0 radical (unpaired) electrons. The molecule has 0 amide bonds. The summed E-state index contributed by atoms with van der Waals surface area (Å²) in [6, 6.07) is 0. The van der Waals surface area contributed by atoms with Gasteiger partial charge in [0.05, 0.1) is 18.2 Å². The molecule has 6 heteroatoms. The summed E-state index contributed by atoms with van der Waals surface area (Å²) >= 11 is 0. The molecule has 0 spiro atoms. The fraction of sp³-hybridized carbons (Fsp3) is 0.944. The van der Waals surface area contributed by atoms with Crippen molar-refractivity contribution in [2.75, 3.05) is 7.11 Å². The van der Waals surface area contributed by atoms with E-state index in [9.17, 15) is 9.90 Å². The highest BCUT2D eigenvalue weighted by Crippen LogP contribution is 2.39. The largest absolute Gasteiger partial charge is 0.547 e. The molecule has 0 aromatic heterocycles. The van der Waals surface area contributed by atoms with Crippen LogP contribution in [0, 0.1) is 29.6 Å². The molecule has 0 N–H and O–H groups in total. The summed E-state index contributed by atoms with van der Waals surface area (Å²) in [6.07, 6.45) is -2.12. The molecule has 0 aromatic carbocycles. The molecule has 0 saturated carbocycles. The minimum Gasteiger partial charge on any atom is -0.547 e. The summed E-state index contributed by atoms with van der Waals surface area (Å²) in [5.74, 6) is -0.673. The maximum atomic E-state index is 11.4. The molecule has 2 rings (SSSR count). The maximum absolute atomic E-state index is 11.4. The summed E-state index contributed by atoms with van der Waals surface area (Å²) in [4.78, 5) is 11.4. The van der Waals surface area contributed by atoms with Gasteiger partial charge in [0.25, 0.3) is 0 Å². The van der Waals surface area contributed by atoms with Crippen LogP contribution in [0.15, 0.2) is 0 Å². The summed E-state index contributed by atoms with van der Waals surface area (Å²) in [5, 5.41) is 11.4. The van der Waals surface area contributed by atoms with Crippen LogP contribution in [0.2, 0.25) is 0 Å². The number of ether oxygens (including phenoxy) is 4. The van der Waals surface area contributed by atoms with Gasteiger partial charge in [-0.3, -0.25) is 0 Å². The number of carbonyl (C=O) groups excluding carboxylic acids is 1. The van der Waals surface area contributed by atoms with E-state index in [-0.39, 0.29) is 48.1 Å². The molecule has 2 heterocycles. The van der Waals surface area contributed by atoms with E-state index in [1.54, 1.807) is 7.11 Å². The number of hydrogen-bond donors (Lipinski definition) is 0. The smallest absolute Gasteiger partial charge is 0.161 e. The van der Waals surface area contributed by atoms with E-state index in [0.29, 0.717) is 0 Å². The van der Waals surface area contributed by atoms with Crippen molar-refractivity contribution in [1.82, 2.24) is 0 Å². The highest BCUT2D eigenvalue weighted by molar-refractivity contribution is 5.70. The quantitative estimate of drug-likeness (QED) is 0.768. The van der Waals surface area contributed by atoms with E-state index in [1.165, 1.54) is 0 Å². The van der Waals surface area contributed by atoms with Crippen LogP contribution in [-0.2, 0) is 23.7 Å². The molecule has 0 aromatic rings. The Bertz CT molecular complexity index is 441. The minimum atomic E-state index is -1.18. The third-order valence-electron chi connectivity index (χ3n) is 6.19. The summed E-state index contributed by atoms with van der Waals surface area (Å²) in [5.41, 5.74) is 0. The minimum absolute atomic E-state index is 0.0884. The number of carboxylic acid groups (broad SMARTS) is 1. The zero-order chi connectivity index (χ0) is 18.2. The average Bonchev–Trinajstić information content (AvgIpc) is 2.54. The summed E-state index contributed by atoms with van der Waals surface area (Å²) in [6.45, 7) is 12.1. The molecule has 0 aliphatic carbocycles. The zero-order valence-electron chi connectivity index (χ0n) is 15.7. The Labute approximate surface area is 144 Å². The van der Waals surface area contributed by atoms with Crippen molar-refractivity contribution >= 4 is 5.97 Å². The van der Waals surface area contributed by atoms with E-state index >= 15 is 0 Å². The molecule has 140 valence electrons. The second-order valence-electron chi connectivity index (χ2n) is 7.59. The van der Waals surface area contributed by atoms with Crippen molar-refractivity contribution in [2.45, 2.75) is 72.4 Å². The lowest BCUT2D eigenvalue weighted by Crippen LogP contribution is -2.56. The SMILES string of the molecule is CO[C@@H]1OC(C)[C@H](O[C@@H]2O[C@@H](C(=O)[O-])[C@H](C)[C@H](C)C2C)[C@H](C)C1C. The van der Waals surface area contributed by atoms with Gasteiger partial charge in [0.1, 0.15) is 6.10 Å². The van der Waals surface area contributed by atoms with Crippen molar-refractivity contribution in [3.05, 3.63) is 0 Å². The lowest BCUT2D eigenvalue weighted by molar-refractivity contribution is -0.349. The standard InChI is InChI=1S/C18H32O6/c1-8-9(2)15(16(19)20)24-18(11(8)4)23-14-10(3)12(5)17(21-7)22-13(14)6/h8-15,17-18H,1-7H3,(H,19,20)/p-1/t8-,9+,10+,11?,12?,13?,14+,15+,17+,18+/m0/s1. The summed E-state index contributed by atoms with van der Waals surface area (Å²) < 4.78 is 23.3. The second kappa shape index (κ2) is 7.68. The number of carboxylic acids is 1. The van der Waals surface area contributed by atoms with Crippen molar-refractivity contribution in [2.24, 2.45) is 29.6 Å². The van der Waals surface area contributed by atoms with Gasteiger partial charge >= 0.3 is 0 Å². The Morgan fingerprint density at radius 1 is 0.833 bits per heavy atom. The molecule has 10 atom stereocenters. The van der Waals surface area contributed by atoms with Crippen LogP contribution < -0.4 is 5.11 Å². The van der Waals surface area contributed by atoms with Gasteiger partial charge in [-0.2, -0.15) is 0 Å². The van der Waals surface area contributed by atoms with Crippen molar-refractivity contribution in [1.29, 1.82) is 0 Å². The first-order chi connectivity index (χ1) is 11.2. The normalized spacial score (nSPS) is 49.8. The Morgan fingerprint density at radius 2 is 1.42 bits per heavy atom. The van der Waals surface area contributed by atoms with E-state index in [4.69, 9.17) is 18.9 Å². The second-order valence-corrected chi connectivity index (χ2v) is 7.59. The third kappa shape index (κ3) is 3.62. The van der Waals surface area contributed by atoms with Gasteiger partial charge in [0.15, 0.2) is 12.6 Å². The molecule has 2 aliphatic heterocycles. The van der Waals surface area contributed by atoms with E-state index in [2.05, 4.69) is 13.8 Å². The van der Waals surface area contributed by atoms with Gasteiger partial charge in [-0.15, -0.1) is 0 Å². The number of hydrogen-bond acceptors (Lipinski definition) is 6. The molecule has 6 nitrogen and oxygen atoms in total. The fourth-order valence-electron chi connectivity index (χ4n) is 3.87. The molecular weight excluding hydrogens is 312 g/mol. The van der Waals surface area contributed by atoms with Crippen LogP contribution in [0.5, 0.6) is 0 Å². The van der Waals surface area contributed by atoms with E-state index < -0.39 is 18.4 Å². The first-order valence-corrected chi connectivity index (χ1v) is 8.89. The van der Waals surface area contributed by atoms with Crippen molar-refractivity contribution in [3.8, 4) is 0 Å². The lowest BCUT2D eigenvalue weighted by atomic mass is 9.78. The van der Waals surface area contributed by atoms with Gasteiger partial charge < -0.3 is 28.8 Å². The lowest BCUT2D eigenvalue weighted by Gasteiger charge is -2.48. The Morgan fingerprint density at radius 3 is 1.96 bits per heavy atom. The van der Waals surface area contributed by atoms with Gasteiger partial charge in [0.2, 0.25) is 0 Å². The Kier molecular flexibility index (Phi) is 6.29. The number of rotatable bonds is 4. The molecule has 2 aliphatic rings. The van der Waals surface area contributed by atoms with Crippen LogP contribution in [0.3, 0.4) is 0 Å². The predicted molar refractivity (Wildman–Crippen MR) is 85.7 cm³/mol. The van der Waals surface area contributed by atoms with Crippen LogP contribution in [0.1, 0.15) is 41.5 Å². The van der Waals surface area contributed by atoms with E-state index in [1.807, 2.05) is 27.7 Å². The van der Waals surface area contributed by atoms with Gasteiger partial charge in [-0.1, -0.05) is 34.6 Å². The molecule has 2 saturated heterocycles. The van der Waals surface area contributed by atoms with Gasteiger partial charge in [-0.25, -0.2) is 0 Å². The number of aliphatic carboxylic acids is 1. The van der Waals surface area contributed by atoms with Crippen LogP contribution in [0.25, 0.3) is 0 Å². The summed E-state index contributed by atoms with van der Waals surface area (Å²) in [7, 11) is 1.64. The van der Waals surface area contributed by atoms with Crippen molar-refractivity contribution in [3.63, 3.8) is 0 Å². The maximum Gasteiger partial charge on any atom is 0.161 e. The monoisotopic (exact) mass is 343 g/mol. The highest BCUT2D eigenvalue weighted by Gasteiger charge is 2.45. The topological polar surface area (TPSA) is 77.0 Å². The zero-order valence-corrected chi connectivity index (χ0v) is 15.7. The van der Waals surface area contributed by atoms with E-state index in [0.717, 1.165) is 0 Å². The Hall–Kier alpha value is -0.690. The number of methoxy groups -OCH3 is 1. The van der Waals surface area contributed by atoms with Crippen LogP contribution in [0.4, 0.5) is 0 Å². The van der Waals surface area contributed by atoms with Crippen molar-refractivity contribution < 1.29 is 28.8 Å². The number of carbonyl (C=O) groups is 1. The molecule has 2 fully saturated rings. The van der Waals surface area contributed by atoms with Crippen LogP contribution in [-0.4, -0.2) is 44.0 Å².